The van der Waals surface area contributed by atoms with Crippen molar-refractivity contribution in [2.24, 2.45) is 5.73 Å². The summed E-state index contributed by atoms with van der Waals surface area (Å²) >= 11 is 0. The van der Waals surface area contributed by atoms with Crippen molar-refractivity contribution < 1.29 is 27.8 Å². The van der Waals surface area contributed by atoms with Crippen LogP contribution < -0.4 is 5.73 Å². The van der Waals surface area contributed by atoms with Crippen molar-refractivity contribution in [2.45, 2.75) is 18.9 Å². The van der Waals surface area contributed by atoms with Crippen LogP contribution in [0, 0.1) is 0 Å². The molecule has 0 aliphatic rings. The van der Waals surface area contributed by atoms with Crippen LogP contribution in [0.25, 0.3) is 0 Å². The van der Waals surface area contributed by atoms with Gasteiger partial charge in [0, 0.05) is 0 Å². The summed E-state index contributed by atoms with van der Waals surface area (Å²) in [5.41, 5.74) is 5.42. The largest absolute Gasteiger partial charge is 0.465 e. The fourth-order valence-electron chi connectivity index (χ4n) is 1.54. The van der Waals surface area contributed by atoms with Gasteiger partial charge in [0.1, 0.15) is 6.04 Å². The number of carbonyl (C=O) groups is 2. The first-order valence-electron chi connectivity index (χ1n) is 5.83. The van der Waals surface area contributed by atoms with Gasteiger partial charge in [-0.1, -0.05) is 12.1 Å². The van der Waals surface area contributed by atoms with Gasteiger partial charge in [0.05, 0.1) is 19.3 Å². The summed E-state index contributed by atoms with van der Waals surface area (Å²) in [4.78, 5) is 22.5. The van der Waals surface area contributed by atoms with Gasteiger partial charge >= 0.3 is 17.9 Å². The zero-order valence-electron chi connectivity index (χ0n) is 11.5. The van der Waals surface area contributed by atoms with Crippen LogP contribution >= 0.6 is 12.4 Å². The number of esters is 2. The van der Waals surface area contributed by atoms with Crippen LogP contribution in [0.5, 0.6) is 0 Å². The van der Waals surface area contributed by atoms with Gasteiger partial charge in [-0.25, -0.2) is 9.59 Å². The molecule has 118 valence electrons. The molecule has 0 aliphatic heterocycles. The molecule has 0 heterocycles. The Bertz CT molecular complexity index is 511. The van der Waals surface area contributed by atoms with Crippen molar-refractivity contribution in [3.8, 4) is 0 Å². The average molecular weight is 324 g/mol. The van der Waals surface area contributed by atoms with E-state index >= 15 is 0 Å². The van der Waals surface area contributed by atoms with Crippen LogP contribution in [0.4, 0.5) is 8.78 Å². The zero-order valence-corrected chi connectivity index (χ0v) is 12.3. The molecule has 21 heavy (non-hydrogen) atoms. The number of ether oxygens (including phenoxy) is 2. The average Bonchev–Trinajstić information content (AvgIpc) is 2.45. The number of halogens is 3. The fraction of sp³-hybridized carbons (Fsp3) is 0.385. The number of benzene rings is 1. The first kappa shape index (κ1) is 19.3. The minimum absolute atomic E-state index is 0. The van der Waals surface area contributed by atoms with Crippen LogP contribution in [-0.4, -0.2) is 31.6 Å². The third-order valence-electron chi connectivity index (χ3n) is 2.61. The first-order valence-corrected chi connectivity index (χ1v) is 5.83. The molecule has 0 aromatic heterocycles. The molecule has 1 aromatic carbocycles. The topological polar surface area (TPSA) is 78.6 Å². The highest BCUT2D eigenvalue weighted by Crippen LogP contribution is 2.31. The van der Waals surface area contributed by atoms with Gasteiger partial charge in [0.15, 0.2) is 0 Å². The highest BCUT2D eigenvalue weighted by atomic mass is 35.5. The third kappa shape index (κ3) is 4.37. The SMILES string of the molecule is CCOC(=O)C(F)(F)[C@@H](N)c1cccc(C(=O)OC)c1.Cl. The molecule has 0 aliphatic carbocycles. The number of carbonyl (C=O) groups excluding carboxylic acids is 2. The molecule has 2 N–H and O–H groups in total. The second kappa shape index (κ2) is 7.90. The zero-order chi connectivity index (χ0) is 15.3. The van der Waals surface area contributed by atoms with E-state index in [4.69, 9.17) is 5.73 Å². The van der Waals surface area contributed by atoms with Crippen molar-refractivity contribution in [1.29, 1.82) is 0 Å². The van der Waals surface area contributed by atoms with Gasteiger partial charge in [-0.15, -0.1) is 12.4 Å². The van der Waals surface area contributed by atoms with Crippen LogP contribution in [-0.2, 0) is 14.3 Å². The van der Waals surface area contributed by atoms with Crippen molar-refractivity contribution >= 4 is 24.3 Å². The summed E-state index contributed by atoms with van der Waals surface area (Å²) in [5.74, 6) is -6.26. The number of hydrogen-bond acceptors (Lipinski definition) is 5. The molecule has 0 radical (unpaired) electrons. The Hall–Kier alpha value is -1.73. The molecule has 1 aromatic rings. The molecule has 0 saturated heterocycles. The van der Waals surface area contributed by atoms with Crippen molar-refractivity contribution in [2.75, 3.05) is 13.7 Å². The minimum atomic E-state index is -3.88. The first-order chi connectivity index (χ1) is 9.34. The van der Waals surface area contributed by atoms with Gasteiger partial charge in [-0.05, 0) is 24.6 Å². The Morgan fingerprint density at radius 3 is 2.52 bits per heavy atom. The third-order valence-corrected chi connectivity index (χ3v) is 2.61. The van der Waals surface area contributed by atoms with Crippen LogP contribution in [0.1, 0.15) is 28.9 Å². The Morgan fingerprint density at radius 2 is 2.00 bits per heavy atom. The minimum Gasteiger partial charge on any atom is -0.465 e. The van der Waals surface area contributed by atoms with E-state index in [2.05, 4.69) is 9.47 Å². The van der Waals surface area contributed by atoms with Crippen molar-refractivity contribution in [3.63, 3.8) is 0 Å². The van der Waals surface area contributed by atoms with E-state index in [-0.39, 0.29) is 30.1 Å². The fourth-order valence-corrected chi connectivity index (χ4v) is 1.54. The lowest BCUT2D eigenvalue weighted by Gasteiger charge is -2.22. The quantitative estimate of drug-likeness (QED) is 0.839. The summed E-state index contributed by atoms with van der Waals surface area (Å²) in [7, 11) is 1.17. The molecule has 0 saturated carbocycles. The van der Waals surface area contributed by atoms with Crippen molar-refractivity contribution in [1.82, 2.24) is 0 Å². The predicted molar refractivity (Wildman–Crippen MR) is 73.5 cm³/mol. The molecule has 0 amide bonds. The van der Waals surface area contributed by atoms with Gasteiger partial charge in [-0.2, -0.15) is 8.78 Å². The van der Waals surface area contributed by atoms with Gasteiger partial charge in [-0.3, -0.25) is 0 Å². The molecule has 0 bridgehead atoms. The normalized spacial score (nSPS) is 12.0. The summed E-state index contributed by atoms with van der Waals surface area (Å²) in [6.45, 7) is 1.24. The lowest BCUT2D eigenvalue weighted by Crippen LogP contribution is -2.41. The summed E-state index contributed by atoms with van der Waals surface area (Å²) < 4.78 is 36.3. The maximum Gasteiger partial charge on any atom is 0.379 e. The van der Waals surface area contributed by atoms with Gasteiger partial charge in [0.25, 0.3) is 0 Å². The lowest BCUT2D eigenvalue weighted by molar-refractivity contribution is -0.174. The molecule has 1 rings (SSSR count). The highest BCUT2D eigenvalue weighted by molar-refractivity contribution is 5.89. The van der Waals surface area contributed by atoms with E-state index in [0.717, 1.165) is 6.07 Å². The standard InChI is InChI=1S/C13H15F2NO4.ClH/c1-3-20-12(18)13(14,15)10(16)8-5-4-6-9(7-8)11(17)19-2;/h4-7,10H,3,16H2,1-2H3;1H/t10-;/m0./s1. The van der Waals surface area contributed by atoms with Gasteiger partial charge in [0.2, 0.25) is 0 Å². The van der Waals surface area contributed by atoms with E-state index in [1.165, 1.54) is 32.2 Å². The Labute approximate surface area is 126 Å². The van der Waals surface area contributed by atoms with Crippen LogP contribution in [0.3, 0.4) is 0 Å². The molecular formula is C13H16ClF2NO4. The maximum absolute atomic E-state index is 13.8. The van der Waals surface area contributed by atoms with E-state index in [1.807, 2.05) is 0 Å². The van der Waals surface area contributed by atoms with Crippen LogP contribution in [0.2, 0.25) is 0 Å². The van der Waals surface area contributed by atoms with E-state index in [0.29, 0.717) is 0 Å². The molecule has 0 spiro atoms. The molecule has 1 atom stereocenters. The number of nitrogens with two attached hydrogens (primary N) is 1. The van der Waals surface area contributed by atoms with E-state index < -0.39 is 23.9 Å². The molecule has 8 heteroatoms. The Balaban J connectivity index is 0.00000400. The summed E-state index contributed by atoms with van der Waals surface area (Å²) in [5, 5.41) is 0. The second-order valence-corrected chi connectivity index (χ2v) is 3.94. The second-order valence-electron chi connectivity index (χ2n) is 3.94. The molecular weight excluding hydrogens is 308 g/mol. The number of alkyl halides is 2. The van der Waals surface area contributed by atoms with Crippen LogP contribution in [0.15, 0.2) is 24.3 Å². The number of rotatable bonds is 5. The monoisotopic (exact) mass is 323 g/mol. The maximum atomic E-state index is 13.8. The van der Waals surface area contributed by atoms with E-state index in [1.54, 1.807) is 0 Å². The van der Waals surface area contributed by atoms with Crippen molar-refractivity contribution in [3.05, 3.63) is 35.4 Å². The Kier molecular flexibility index (Phi) is 7.25. The number of hydrogen-bond donors (Lipinski definition) is 1. The summed E-state index contributed by atoms with van der Waals surface area (Å²) in [6, 6.07) is 3.31. The molecule has 0 unspecified atom stereocenters. The smallest absolute Gasteiger partial charge is 0.379 e. The molecule has 5 nitrogen and oxygen atoms in total. The van der Waals surface area contributed by atoms with Gasteiger partial charge < -0.3 is 15.2 Å². The number of methoxy groups -OCH3 is 1. The van der Waals surface area contributed by atoms with E-state index in [9.17, 15) is 18.4 Å². The predicted octanol–water partition coefficient (Wildman–Crippen LogP) is 2.09. The Morgan fingerprint density at radius 1 is 1.38 bits per heavy atom. The summed E-state index contributed by atoms with van der Waals surface area (Å²) in [6.07, 6.45) is 0. The molecule has 0 fully saturated rings. The lowest BCUT2D eigenvalue weighted by atomic mass is 9.99. The highest BCUT2D eigenvalue weighted by Gasteiger charge is 2.47.